The maximum absolute atomic E-state index is 11.5. The van der Waals surface area contributed by atoms with E-state index in [0.717, 1.165) is 12.8 Å². The molecule has 0 aromatic carbocycles. The van der Waals surface area contributed by atoms with Crippen LogP contribution in [0.2, 0.25) is 0 Å². The summed E-state index contributed by atoms with van der Waals surface area (Å²) in [6.07, 6.45) is 11.4. The summed E-state index contributed by atoms with van der Waals surface area (Å²) in [6.45, 7) is 1.99. The zero-order valence-electron chi connectivity index (χ0n) is 16.1. The van der Waals surface area contributed by atoms with Crippen molar-refractivity contribution in [3.05, 3.63) is 0 Å². The number of amides is 1. The first-order valence-electron chi connectivity index (χ1n) is 9.11. The molecule has 3 N–H and O–H groups in total. The molecule has 7 nitrogen and oxygen atoms in total. The summed E-state index contributed by atoms with van der Waals surface area (Å²) >= 11 is 0. The molecule has 0 saturated heterocycles. The number of carboxylic acid groups (broad SMARTS) is 1. The van der Waals surface area contributed by atoms with Gasteiger partial charge in [0, 0.05) is 13.5 Å². The molecular formula is C18H38N2Na2O5. The van der Waals surface area contributed by atoms with Gasteiger partial charge in [0.2, 0.25) is 5.91 Å². The van der Waals surface area contributed by atoms with E-state index < -0.39 is 5.97 Å². The van der Waals surface area contributed by atoms with Crippen LogP contribution < -0.4 is 5.73 Å². The molecule has 27 heavy (non-hydrogen) atoms. The molecule has 0 aliphatic heterocycles. The number of rotatable bonds is 13. The van der Waals surface area contributed by atoms with Gasteiger partial charge in [0.05, 0.1) is 13.7 Å². The molecule has 0 atom stereocenters. The van der Waals surface area contributed by atoms with E-state index in [2.05, 4.69) is 11.7 Å². The molecule has 0 aromatic rings. The number of ether oxygens (including phenoxy) is 1. The van der Waals surface area contributed by atoms with Crippen molar-refractivity contribution in [2.45, 2.75) is 71.1 Å². The Morgan fingerprint density at radius 1 is 0.926 bits per heavy atom. The first kappa shape index (κ1) is 34.8. The van der Waals surface area contributed by atoms with E-state index in [1.807, 2.05) is 0 Å². The second-order valence-corrected chi connectivity index (χ2v) is 6.00. The molecular weight excluding hydrogens is 370 g/mol. The summed E-state index contributed by atoms with van der Waals surface area (Å²) in [5.41, 5.74) is 4.81. The Bertz CT molecular complexity index is 366. The van der Waals surface area contributed by atoms with Gasteiger partial charge in [0.1, 0.15) is 6.54 Å². The van der Waals surface area contributed by atoms with Gasteiger partial charge < -0.3 is 20.5 Å². The zero-order chi connectivity index (χ0) is 19.5. The molecule has 0 saturated carbocycles. The fourth-order valence-corrected chi connectivity index (χ4v) is 2.15. The summed E-state index contributed by atoms with van der Waals surface area (Å²) in [5.74, 6) is -1.40. The maximum atomic E-state index is 11.5. The summed E-state index contributed by atoms with van der Waals surface area (Å²) < 4.78 is 4.14. The van der Waals surface area contributed by atoms with Gasteiger partial charge in [0.25, 0.3) is 0 Å². The van der Waals surface area contributed by atoms with Crippen LogP contribution in [0.1, 0.15) is 71.1 Å². The Morgan fingerprint density at radius 2 is 1.37 bits per heavy atom. The molecule has 0 aliphatic rings. The average molecular weight is 408 g/mol. The van der Waals surface area contributed by atoms with Crippen LogP contribution in [0.3, 0.4) is 0 Å². The average Bonchev–Trinajstić information content (AvgIpc) is 2.59. The minimum absolute atomic E-state index is 0. The molecule has 0 fully saturated rings. The third kappa shape index (κ3) is 28.7. The quantitative estimate of drug-likeness (QED) is 0.270. The van der Waals surface area contributed by atoms with Crippen LogP contribution in [-0.2, 0) is 19.1 Å². The molecule has 0 bridgehead atoms. The number of aliphatic carboxylic acids is 1. The van der Waals surface area contributed by atoms with Gasteiger partial charge in [-0.25, -0.2) is 0 Å². The first-order valence-corrected chi connectivity index (χ1v) is 9.11. The van der Waals surface area contributed by atoms with Gasteiger partial charge in [0.15, 0.2) is 0 Å². The number of unbranched alkanes of at least 4 members (excludes halogenated alkanes) is 8. The number of methoxy groups -OCH3 is 1. The standard InChI is InChI=1S/C15H29NO3.C3H7NO2.2Na.2H/c1-3-4-5-6-7-8-9-10-11-12-14(17)16(2)13-15(18)19;1-6-3(5)2-4;;;;/h3-13H2,1-2H3,(H,18,19);2,4H2,1H3;;;;. The fraction of sp³-hybridized carbons (Fsp3) is 0.833. The SMILES string of the molecule is CCCCCCCCCCCC(=O)N(C)CC(=O)O.COC(=O)CN.[NaH].[NaH]. The molecule has 1 amide bonds. The molecule has 0 unspecified atom stereocenters. The number of likely N-dealkylation sites (N-methyl/N-ethyl adjacent to an activating group) is 1. The monoisotopic (exact) mass is 408 g/mol. The van der Waals surface area contributed by atoms with Crippen LogP contribution in [0.4, 0.5) is 0 Å². The Hall–Kier alpha value is 0.370. The van der Waals surface area contributed by atoms with Gasteiger partial charge in [-0.3, -0.25) is 14.4 Å². The number of carboxylic acids is 1. The Kier molecular flexibility index (Phi) is 34.0. The normalized spacial score (nSPS) is 9.04. The third-order valence-corrected chi connectivity index (χ3v) is 3.69. The van der Waals surface area contributed by atoms with Crippen LogP contribution in [0.5, 0.6) is 0 Å². The number of nitrogens with two attached hydrogens (primary N) is 1. The van der Waals surface area contributed by atoms with Crippen molar-refractivity contribution >= 4 is 77.0 Å². The van der Waals surface area contributed by atoms with Crippen LogP contribution >= 0.6 is 0 Å². The minimum atomic E-state index is -0.956. The van der Waals surface area contributed by atoms with Crippen molar-refractivity contribution in [2.75, 3.05) is 27.2 Å². The Morgan fingerprint density at radius 3 is 1.70 bits per heavy atom. The van der Waals surface area contributed by atoms with Gasteiger partial charge in [-0.15, -0.1) is 0 Å². The first-order chi connectivity index (χ1) is 11.9. The number of esters is 1. The van der Waals surface area contributed by atoms with E-state index in [4.69, 9.17) is 10.8 Å². The van der Waals surface area contributed by atoms with Crippen molar-refractivity contribution < 1.29 is 24.2 Å². The van der Waals surface area contributed by atoms with Crippen LogP contribution in [0.25, 0.3) is 0 Å². The third-order valence-electron chi connectivity index (χ3n) is 3.69. The summed E-state index contributed by atoms with van der Waals surface area (Å²) in [6, 6.07) is 0. The van der Waals surface area contributed by atoms with Crippen molar-refractivity contribution in [1.29, 1.82) is 0 Å². The number of nitrogens with zero attached hydrogens (tertiary/aromatic N) is 1. The molecule has 9 heteroatoms. The Labute approximate surface area is 208 Å². The summed E-state index contributed by atoms with van der Waals surface area (Å²) in [7, 11) is 2.85. The predicted molar refractivity (Wildman–Crippen MR) is 112 cm³/mol. The predicted octanol–water partition coefficient (Wildman–Crippen LogP) is 1.27. The van der Waals surface area contributed by atoms with Gasteiger partial charge in [-0.05, 0) is 6.42 Å². The second kappa shape index (κ2) is 26.4. The van der Waals surface area contributed by atoms with Crippen LogP contribution in [-0.4, -0.2) is 114 Å². The number of carbonyl (C=O) groups excluding carboxylic acids is 2. The van der Waals surface area contributed by atoms with Crippen LogP contribution in [0.15, 0.2) is 0 Å². The zero-order valence-corrected chi connectivity index (χ0v) is 16.1. The molecule has 0 heterocycles. The van der Waals surface area contributed by atoms with Gasteiger partial charge in [-0.2, -0.15) is 0 Å². The van der Waals surface area contributed by atoms with E-state index in [-0.39, 0.29) is 84.1 Å². The summed E-state index contributed by atoms with van der Waals surface area (Å²) in [4.78, 5) is 33.1. The molecule has 0 spiro atoms. The second-order valence-electron chi connectivity index (χ2n) is 6.00. The summed E-state index contributed by atoms with van der Waals surface area (Å²) in [5, 5.41) is 8.57. The van der Waals surface area contributed by atoms with Crippen molar-refractivity contribution in [1.82, 2.24) is 4.90 Å². The van der Waals surface area contributed by atoms with Crippen molar-refractivity contribution in [3.63, 3.8) is 0 Å². The van der Waals surface area contributed by atoms with E-state index in [0.29, 0.717) is 6.42 Å². The number of hydrogen-bond acceptors (Lipinski definition) is 5. The Balaban J connectivity index is -0.000000286. The number of carbonyl (C=O) groups is 3. The van der Waals surface area contributed by atoms with Crippen LogP contribution in [0, 0.1) is 0 Å². The molecule has 0 rings (SSSR count). The molecule has 0 aromatic heterocycles. The van der Waals surface area contributed by atoms with Gasteiger partial charge in [-0.1, -0.05) is 58.3 Å². The topological polar surface area (TPSA) is 110 Å². The van der Waals surface area contributed by atoms with Gasteiger partial charge >= 0.3 is 71.1 Å². The molecule has 152 valence electrons. The van der Waals surface area contributed by atoms with E-state index in [1.165, 1.54) is 57.0 Å². The molecule has 0 radical (unpaired) electrons. The van der Waals surface area contributed by atoms with E-state index >= 15 is 0 Å². The molecule has 0 aliphatic carbocycles. The van der Waals surface area contributed by atoms with E-state index in [9.17, 15) is 14.4 Å². The van der Waals surface area contributed by atoms with E-state index in [1.54, 1.807) is 7.05 Å². The van der Waals surface area contributed by atoms with Crippen molar-refractivity contribution in [2.24, 2.45) is 5.73 Å². The number of hydrogen-bond donors (Lipinski definition) is 2. The fourth-order valence-electron chi connectivity index (χ4n) is 2.15. The van der Waals surface area contributed by atoms with Crippen molar-refractivity contribution in [3.8, 4) is 0 Å².